The Morgan fingerprint density at radius 2 is 2.11 bits per heavy atom. The molecule has 0 unspecified atom stereocenters. The summed E-state index contributed by atoms with van der Waals surface area (Å²) in [5.74, 6) is -0.0961. The summed E-state index contributed by atoms with van der Waals surface area (Å²) in [6, 6.07) is 4.96. The van der Waals surface area contributed by atoms with Gasteiger partial charge in [0.05, 0.1) is 27.2 Å². The van der Waals surface area contributed by atoms with Gasteiger partial charge in [-0.2, -0.15) is 0 Å². The van der Waals surface area contributed by atoms with Crippen molar-refractivity contribution in [3.63, 3.8) is 0 Å². The number of carbonyl (C=O) groups excluding carboxylic acids is 1. The monoisotopic (exact) mass is 321 g/mol. The molecule has 104 valence electrons. The fourth-order valence-electron chi connectivity index (χ4n) is 2.10. The highest BCUT2D eigenvalue weighted by Gasteiger charge is 2.29. The summed E-state index contributed by atoms with van der Waals surface area (Å²) in [5.41, 5.74) is 0.444. The predicted molar refractivity (Wildman–Crippen MR) is 76.5 cm³/mol. The standard InChI is InChI=1S/C12H13Cl2NO3S/c13-9-2-1-3-10(12(9)14)15-11(16)6-8-4-5-19(17,18)7-8/h1-3,8H,4-7H2,(H,15,16)/t8-/m0/s1. The highest BCUT2D eigenvalue weighted by molar-refractivity contribution is 7.91. The minimum absolute atomic E-state index is 0.0870. The summed E-state index contributed by atoms with van der Waals surface area (Å²) < 4.78 is 22.6. The molecule has 0 aromatic heterocycles. The summed E-state index contributed by atoms with van der Waals surface area (Å²) in [6.45, 7) is 0. The fraction of sp³-hybridized carbons (Fsp3) is 0.417. The van der Waals surface area contributed by atoms with E-state index in [1.54, 1.807) is 18.2 Å². The molecule has 0 spiro atoms. The summed E-state index contributed by atoms with van der Waals surface area (Å²) in [4.78, 5) is 11.8. The van der Waals surface area contributed by atoms with Crippen LogP contribution in [0.25, 0.3) is 0 Å². The maximum absolute atomic E-state index is 11.8. The van der Waals surface area contributed by atoms with E-state index in [-0.39, 0.29) is 34.8 Å². The van der Waals surface area contributed by atoms with Crippen molar-refractivity contribution in [2.45, 2.75) is 12.8 Å². The molecular formula is C12H13Cl2NO3S. The van der Waals surface area contributed by atoms with Gasteiger partial charge in [-0.05, 0) is 24.5 Å². The van der Waals surface area contributed by atoms with E-state index in [9.17, 15) is 13.2 Å². The number of nitrogens with one attached hydrogen (secondary N) is 1. The van der Waals surface area contributed by atoms with Crippen LogP contribution in [-0.2, 0) is 14.6 Å². The zero-order valence-electron chi connectivity index (χ0n) is 10.0. The van der Waals surface area contributed by atoms with E-state index in [1.807, 2.05) is 0 Å². The summed E-state index contributed by atoms with van der Waals surface area (Å²) in [7, 11) is -2.96. The lowest BCUT2D eigenvalue weighted by Gasteiger charge is -2.10. The van der Waals surface area contributed by atoms with Gasteiger partial charge in [0.15, 0.2) is 9.84 Å². The van der Waals surface area contributed by atoms with Crippen LogP contribution >= 0.6 is 23.2 Å². The maximum Gasteiger partial charge on any atom is 0.224 e. The number of rotatable bonds is 3. The van der Waals surface area contributed by atoms with Crippen LogP contribution in [0.2, 0.25) is 10.0 Å². The Bertz CT molecular complexity index is 601. The van der Waals surface area contributed by atoms with Crippen LogP contribution in [0, 0.1) is 5.92 Å². The maximum atomic E-state index is 11.8. The number of amides is 1. The van der Waals surface area contributed by atoms with Crippen LogP contribution in [-0.4, -0.2) is 25.8 Å². The largest absolute Gasteiger partial charge is 0.325 e. The molecule has 1 amide bonds. The van der Waals surface area contributed by atoms with Crippen molar-refractivity contribution < 1.29 is 13.2 Å². The van der Waals surface area contributed by atoms with Gasteiger partial charge in [0.2, 0.25) is 5.91 Å². The molecule has 2 rings (SSSR count). The number of sulfone groups is 1. The van der Waals surface area contributed by atoms with E-state index in [4.69, 9.17) is 23.2 Å². The van der Waals surface area contributed by atoms with E-state index in [0.29, 0.717) is 17.1 Å². The third-order valence-electron chi connectivity index (χ3n) is 3.03. The number of carbonyl (C=O) groups is 1. The normalized spacial score (nSPS) is 21.3. The lowest BCUT2D eigenvalue weighted by Crippen LogP contribution is -2.17. The molecule has 1 aliphatic rings. The van der Waals surface area contributed by atoms with E-state index in [2.05, 4.69) is 5.32 Å². The average Bonchev–Trinajstić information content (AvgIpc) is 2.64. The first kappa shape index (κ1) is 14.6. The van der Waals surface area contributed by atoms with E-state index in [1.165, 1.54) is 0 Å². The second-order valence-electron chi connectivity index (χ2n) is 4.62. The van der Waals surface area contributed by atoms with Gasteiger partial charge in [-0.25, -0.2) is 8.42 Å². The van der Waals surface area contributed by atoms with Gasteiger partial charge >= 0.3 is 0 Å². The highest BCUT2D eigenvalue weighted by atomic mass is 35.5. The van der Waals surface area contributed by atoms with Crippen molar-refractivity contribution in [3.05, 3.63) is 28.2 Å². The van der Waals surface area contributed by atoms with Gasteiger partial charge in [-0.15, -0.1) is 0 Å². The van der Waals surface area contributed by atoms with Crippen LogP contribution in [0.3, 0.4) is 0 Å². The highest BCUT2D eigenvalue weighted by Crippen LogP contribution is 2.30. The number of hydrogen-bond donors (Lipinski definition) is 1. The molecule has 1 saturated heterocycles. The fourth-order valence-corrected chi connectivity index (χ4v) is 4.31. The molecule has 1 aliphatic heterocycles. The molecule has 1 atom stereocenters. The van der Waals surface area contributed by atoms with Gasteiger partial charge in [0.25, 0.3) is 0 Å². The summed E-state index contributed by atoms with van der Waals surface area (Å²) in [6.07, 6.45) is 0.723. The Morgan fingerprint density at radius 1 is 1.37 bits per heavy atom. The minimum atomic E-state index is -2.96. The third-order valence-corrected chi connectivity index (χ3v) is 5.68. The molecule has 1 aromatic rings. The molecule has 0 aliphatic carbocycles. The van der Waals surface area contributed by atoms with Crippen LogP contribution in [0.1, 0.15) is 12.8 Å². The first-order valence-electron chi connectivity index (χ1n) is 5.82. The average molecular weight is 322 g/mol. The molecule has 1 heterocycles. The molecule has 0 saturated carbocycles. The predicted octanol–water partition coefficient (Wildman–Crippen LogP) is 2.76. The summed E-state index contributed by atoms with van der Waals surface area (Å²) in [5, 5.41) is 3.31. The topological polar surface area (TPSA) is 63.2 Å². The molecule has 7 heteroatoms. The van der Waals surface area contributed by atoms with Crippen molar-refractivity contribution >= 4 is 44.6 Å². The number of benzene rings is 1. The second-order valence-corrected chi connectivity index (χ2v) is 7.64. The number of hydrogen-bond acceptors (Lipinski definition) is 3. The van der Waals surface area contributed by atoms with Crippen molar-refractivity contribution in [2.24, 2.45) is 5.92 Å². The number of anilines is 1. The molecule has 19 heavy (non-hydrogen) atoms. The Hall–Kier alpha value is -0.780. The van der Waals surface area contributed by atoms with E-state index < -0.39 is 9.84 Å². The molecule has 1 aromatic carbocycles. The van der Waals surface area contributed by atoms with Gasteiger partial charge in [-0.3, -0.25) is 4.79 Å². The van der Waals surface area contributed by atoms with Crippen molar-refractivity contribution in [1.82, 2.24) is 0 Å². The summed E-state index contributed by atoms with van der Waals surface area (Å²) >= 11 is 11.8. The second kappa shape index (κ2) is 5.69. The van der Waals surface area contributed by atoms with Crippen LogP contribution in [0.4, 0.5) is 5.69 Å². The number of halogens is 2. The van der Waals surface area contributed by atoms with Gasteiger partial charge in [-0.1, -0.05) is 29.3 Å². The van der Waals surface area contributed by atoms with E-state index in [0.717, 1.165) is 0 Å². The molecule has 0 bridgehead atoms. The molecule has 4 nitrogen and oxygen atoms in total. The molecule has 1 fully saturated rings. The minimum Gasteiger partial charge on any atom is -0.325 e. The smallest absolute Gasteiger partial charge is 0.224 e. The Balaban J connectivity index is 1.97. The van der Waals surface area contributed by atoms with Gasteiger partial charge in [0, 0.05) is 6.42 Å². The lowest BCUT2D eigenvalue weighted by atomic mass is 10.1. The van der Waals surface area contributed by atoms with Crippen LogP contribution in [0.5, 0.6) is 0 Å². The first-order chi connectivity index (χ1) is 8.87. The Labute approximate surface area is 122 Å². The van der Waals surface area contributed by atoms with Crippen molar-refractivity contribution in [2.75, 3.05) is 16.8 Å². The van der Waals surface area contributed by atoms with Crippen molar-refractivity contribution in [3.8, 4) is 0 Å². The zero-order chi connectivity index (χ0) is 14.0. The Kier molecular flexibility index (Phi) is 4.38. The molecule has 0 radical (unpaired) electrons. The Morgan fingerprint density at radius 3 is 2.74 bits per heavy atom. The first-order valence-corrected chi connectivity index (χ1v) is 8.39. The lowest BCUT2D eigenvalue weighted by molar-refractivity contribution is -0.116. The molecular weight excluding hydrogens is 309 g/mol. The van der Waals surface area contributed by atoms with Gasteiger partial charge < -0.3 is 5.32 Å². The van der Waals surface area contributed by atoms with Gasteiger partial charge in [0.1, 0.15) is 0 Å². The molecule has 1 N–H and O–H groups in total. The zero-order valence-corrected chi connectivity index (χ0v) is 12.4. The van der Waals surface area contributed by atoms with Crippen LogP contribution < -0.4 is 5.32 Å². The third kappa shape index (κ3) is 3.84. The van der Waals surface area contributed by atoms with Crippen LogP contribution in [0.15, 0.2) is 18.2 Å². The quantitative estimate of drug-likeness (QED) is 0.931. The van der Waals surface area contributed by atoms with E-state index >= 15 is 0 Å². The van der Waals surface area contributed by atoms with Crippen molar-refractivity contribution in [1.29, 1.82) is 0 Å². The SMILES string of the molecule is O=C(C[C@@H]1CCS(=O)(=O)C1)Nc1cccc(Cl)c1Cl.